The number of cyclic esters (lactones) is 1. The maximum atomic E-state index is 14.4. The zero-order valence-electron chi connectivity index (χ0n) is 50.1. The van der Waals surface area contributed by atoms with Crippen molar-refractivity contribution < 1.29 is 191 Å². The van der Waals surface area contributed by atoms with Gasteiger partial charge in [0.1, 0.15) is 96.8 Å². The number of ether oxygens (including phenoxy) is 10. The predicted molar refractivity (Wildman–Crippen MR) is 278 cm³/mol. The van der Waals surface area contributed by atoms with Gasteiger partial charge in [-0.1, -0.05) is 44.9 Å². The van der Waals surface area contributed by atoms with Crippen molar-refractivity contribution in [3.05, 3.63) is 23.8 Å². The number of ketones is 1. The van der Waals surface area contributed by atoms with Crippen LogP contribution in [0.4, 0.5) is 0 Å². The second kappa shape index (κ2) is 27.2. The van der Waals surface area contributed by atoms with Gasteiger partial charge in [0, 0.05) is 13.5 Å². The molecule has 0 aromatic heterocycles. The average Bonchev–Trinajstić information content (AvgIpc) is 1.45. The van der Waals surface area contributed by atoms with Gasteiger partial charge in [0.05, 0.1) is 43.4 Å². The molecule has 5 aliphatic heterocycles. The zero-order valence-corrected chi connectivity index (χ0v) is 55.7. The first-order valence-corrected chi connectivity index (χ1v) is 31.2. The Kier molecular flexibility index (Phi) is 23.1. The Labute approximate surface area is 544 Å². The van der Waals surface area contributed by atoms with Crippen LogP contribution < -0.4 is 59.1 Å². The Hall–Kier alpha value is -0.320. The molecule has 4 aliphatic carbocycles. The molecular weight excluding hydrogens is 1210 g/mol. The van der Waals surface area contributed by atoms with Gasteiger partial charge in [0.2, 0.25) is 20.8 Å². The molecule has 0 unspecified atom stereocenters. The minimum atomic E-state index is -5.46. The fourth-order valence-corrected chi connectivity index (χ4v) is 16.7. The number of allylic oxidation sites excluding steroid dienone is 3. The summed E-state index contributed by atoms with van der Waals surface area (Å²) in [6.45, 7) is 15.1. The van der Waals surface area contributed by atoms with Crippen LogP contribution in [0.3, 0.4) is 0 Å². The topological polar surface area (TPSA) is 421 Å². The Balaban J connectivity index is 0.00000529. The minimum absolute atomic E-state index is 0. The molecule has 0 radical (unpaired) electrons. The molecule has 9 rings (SSSR count). The van der Waals surface area contributed by atoms with Crippen molar-refractivity contribution >= 4 is 32.6 Å². The molecule has 0 amide bonds. The fourth-order valence-electron chi connectivity index (χ4n) is 16.1. The third-order valence-electron chi connectivity index (χ3n) is 20.3. The minimum Gasteiger partial charge on any atom is -0.726 e. The van der Waals surface area contributed by atoms with Crippen molar-refractivity contribution in [1.29, 1.82) is 0 Å². The molecule has 3 saturated carbocycles. The summed E-state index contributed by atoms with van der Waals surface area (Å²) in [6.07, 6.45) is -27.8. The summed E-state index contributed by atoms with van der Waals surface area (Å²) in [5, 5.41) is 90.4. The van der Waals surface area contributed by atoms with E-state index in [0.717, 1.165) is 31.9 Å². The first kappa shape index (κ1) is 73.1. The molecule has 5 heterocycles. The van der Waals surface area contributed by atoms with Gasteiger partial charge in [-0.05, 0) is 100 Å². The summed E-state index contributed by atoms with van der Waals surface area (Å²) in [5.41, 5.74) is -1.25. The number of methoxy groups -OCH3 is 1. The van der Waals surface area contributed by atoms with Crippen LogP contribution in [0.1, 0.15) is 106 Å². The molecule has 27 atom stereocenters. The molecule has 28 nitrogen and oxygen atoms in total. The van der Waals surface area contributed by atoms with Gasteiger partial charge in [0.25, 0.3) is 0 Å². The van der Waals surface area contributed by atoms with Crippen molar-refractivity contribution in [1.82, 2.24) is 0 Å². The Bertz CT molecular complexity index is 2710. The Morgan fingerprint density at radius 1 is 0.709 bits per heavy atom. The van der Waals surface area contributed by atoms with Crippen LogP contribution in [0.5, 0.6) is 0 Å². The van der Waals surface area contributed by atoms with Gasteiger partial charge < -0.3 is 97.3 Å². The first-order valence-electron chi connectivity index (χ1n) is 28.5. The van der Waals surface area contributed by atoms with Crippen molar-refractivity contribution in [2.45, 2.75) is 235 Å². The number of carbonyl (C=O) groups is 2. The normalized spacial score (nSPS) is 47.4. The molecule has 0 aromatic carbocycles. The summed E-state index contributed by atoms with van der Waals surface area (Å²) in [6, 6.07) is 0. The third kappa shape index (κ3) is 13.5. The molecule has 480 valence electrons. The molecule has 0 bridgehead atoms. The van der Waals surface area contributed by atoms with Crippen LogP contribution in [0, 0.1) is 39.4 Å². The third-order valence-corrected chi connectivity index (χ3v) is 21.1. The van der Waals surface area contributed by atoms with Crippen LogP contribution >= 0.6 is 0 Å². The molecule has 32 heteroatoms. The molecule has 86 heavy (non-hydrogen) atoms. The number of rotatable bonds is 19. The SMILES string of the molecule is C=C(C)CCC[C@]1(C)OC(=O)[C@]23CC=C4[C@@H](CC[C@H]5C(C)(C)[C@@H](O[C@@H]6OC[C@@H](O)[C@H](O)[C@H]6O[C@@H]6O[C@H](C)[C@@H](O[C@@H]7O[C@H](COS(=O)(=O)[O-])[C@@H](O)[C@H](O[C@@H]8O[C@H](COS(=O)(=O)[O-])[C@@H](O)[C@H](OC)[C@H]8O)[C@H]7O)[C@H](O)[C@H]6O)CC[C@]45C)[C@]2(C)CC(=O)[C@@H]31.[Na+].[Na+]. The van der Waals surface area contributed by atoms with E-state index < -0.39 is 185 Å². The van der Waals surface area contributed by atoms with E-state index in [9.17, 15) is 76.4 Å². The van der Waals surface area contributed by atoms with Gasteiger partial charge in [-0.2, -0.15) is 0 Å². The molecule has 5 saturated heterocycles. The van der Waals surface area contributed by atoms with Crippen LogP contribution in [0.25, 0.3) is 0 Å². The predicted octanol–water partition coefficient (Wildman–Crippen LogP) is -7.23. The van der Waals surface area contributed by atoms with Crippen molar-refractivity contribution in [2.75, 3.05) is 26.9 Å². The molecule has 8 fully saturated rings. The van der Waals surface area contributed by atoms with Crippen molar-refractivity contribution in [3.63, 3.8) is 0 Å². The Morgan fingerprint density at radius 3 is 1.85 bits per heavy atom. The van der Waals surface area contributed by atoms with Crippen molar-refractivity contribution in [3.8, 4) is 0 Å². The van der Waals surface area contributed by atoms with Crippen molar-refractivity contribution in [2.24, 2.45) is 39.4 Å². The molecule has 9 aliphatic rings. The number of hydrogen-bond donors (Lipinski definition) is 8. The number of hydrogen-bond acceptors (Lipinski definition) is 28. The number of fused-ring (bicyclic) bond motifs is 4. The molecule has 0 aromatic rings. The number of esters is 1. The second-order valence-corrected chi connectivity index (χ2v) is 27.9. The summed E-state index contributed by atoms with van der Waals surface area (Å²) >= 11 is 0. The van der Waals surface area contributed by atoms with Gasteiger partial charge >= 0.3 is 65.1 Å². The van der Waals surface area contributed by atoms with E-state index in [1.54, 1.807) is 0 Å². The quantitative estimate of drug-likeness (QED) is 0.0149. The van der Waals surface area contributed by atoms with Crippen LogP contribution in [0.15, 0.2) is 23.8 Å². The van der Waals surface area contributed by atoms with Gasteiger partial charge in [0.15, 0.2) is 25.2 Å². The van der Waals surface area contributed by atoms with E-state index in [-0.39, 0.29) is 101 Å². The zero-order chi connectivity index (χ0) is 61.8. The average molecular weight is 1290 g/mol. The maximum absolute atomic E-state index is 14.4. The van der Waals surface area contributed by atoms with E-state index in [1.807, 2.05) is 13.8 Å². The van der Waals surface area contributed by atoms with E-state index in [2.05, 4.69) is 48.7 Å². The molecular formula is C54H82Na2O28S2. The smallest absolute Gasteiger partial charge is 0.726 e. The summed E-state index contributed by atoms with van der Waals surface area (Å²) < 4.78 is 136. The van der Waals surface area contributed by atoms with E-state index in [1.165, 1.54) is 12.5 Å². The van der Waals surface area contributed by atoms with E-state index in [0.29, 0.717) is 32.1 Å². The summed E-state index contributed by atoms with van der Waals surface area (Å²) in [5.74, 6) is -0.814. The summed E-state index contributed by atoms with van der Waals surface area (Å²) in [4.78, 5) is 28.7. The van der Waals surface area contributed by atoms with Crippen LogP contribution in [0.2, 0.25) is 0 Å². The standard InChI is InChI=1S/C54H84O28S2.2Na/c1-23(2)11-10-16-53(8)44-27(55)19-52(7)26-12-13-31-50(4,5)32(15-17-51(31,6)25(26)14-18-54(44,52)49(64)82-53)78-48-43(33(57)28(56)20-72-48)81-45-37(61)36(60)40(24(3)75-45)79-47-39(63)42(35(59)30(77-47)22-74-84(68,69)70)80-46-38(62)41(71-9)34(58)29(76-46)21-73-83(65,66)67;;/h14,24,26,28-48,56-63H,1,10-13,15-22H2,2-9H3,(H,65,66,67)(H,68,69,70);;/q;2*+1/p-2/t24-,26-,28-,29-,30-,31+,32+,33+,34-,35-,36-,37-,38-,39-,40-,41+,42+,43-,44-,45+,46+,47+,48+,51-,52+,53+,54-;;/m1../s1. The number of carbonyl (C=O) groups excluding carboxylic acids is 2. The second-order valence-electron chi connectivity index (χ2n) is 25.8. The maximum Gasteiger partial charge on any atom is 1.00 e. The van der Waals surface area contributed by atoms with Crippen LogP contribution in [-0.4, -0.2) is 234 Å². The fraction of sp³-hybridized carbons (Fsp3) is 0.889. The van der Waals surface area contributed by atoms with E-state index >= 15 is 0 Å². The Morgan fingerprint density at radius 2 is 1.27 bits per heavy atom. The number of aliphatic hydroxyl groups excluding tert-OH is 8. The molecule has 1 spiro atoms. The monoisotopic (exact) mass is 1290 g/mol. The van der Waals surface area contributed by atoms with Crippen LogP contribution in [-0.2, 0) is 86.1 Å². The largest absolute Gasteiger partial charge is 1.00 e. The summed E-state index contributed by atoms with van der Waals surface area (Å²) in [7, 11) is -9.78. The first-order chi connectivity index (χ1) is 39.0. The van der Waals surface area contributed by atoms with Gasteiger partial charge in [-0.25, -0.2) is 16.8 Å². The van der Waals surface area contributed by atoms with Gasteiger partial charge in [-0.3, -0.25) is 18.0 Å². The van der Waals surface area contributed by atoms with E-state index in [4.69, 9.17) is 47.4 Å². The number of aliphatic hydroxyl groups is 8. The number of Topliss-reactive ketones (excluding diaryl/α,β-unsaturated/α-hetero) is 1. The van der Waals surface area contributed by atoms with Gasteiger partial charge in [-0.15, -0.1) is 6.58 Å². The molecule has 8 N–H and O–H groups in total.